The van der Waals surface area contributed by atoms with Gasteiger partial charge in [0.15, 0.2) is 29.1 Å². The molecule has 0 radical (unpaired) electrons. The molecule has 7 heteroatoms. The molecule has 2 aliphatic heterocycles. The number of amides is 1. The van der Waals surface area contributed by atoms with E-state index in [0.29, 0.717) is 22.9 Å². The number of carbonyl (C=O) groups is 3. The molecule has 1 amide bonds. The number of ether oxygens (including phenoxy) is 2. The summed E-state index contributed by atoms with van der Waals surface area (Å²) in [6, 6.07) is 1.66. The van der Waals surface area contributed by atoms with E-state index in [0.717, 1.165) is 0 Å². The predicted molar refractivity (Wildman–Crippen MR) is 78.3 cm³/mol. The summed E-state index contributed by atoms with van der Waals surface area (Å²) in [7, 11) is 0. The van der Waals surface area contributed by atoms with Crippen LogP contribution in [0.3, 0.4) is 0 Å². The zero-order valence-corrected chi connectivity index (χ0v) is 12.5. The van der Waals surface area contributed by atoms with Crippen LogP contribution in [-0.2, 0) is 14.4 Å². The van der Waals surface area contributed by atoms with Gasteiger partial charge in [-0.25, -0.2) is 0 Å². The molecule has 116 valence electrons. The predicted octanol–water partition coefficient (Wildman–Crippen LogP) is 1.11. The fourth-order valence-corrected chi connectivity index (χ4v) is 2.78. The Bertz CT molecular complexity index is 671. The van der Waals surface area contributed by atoms with Crippen molar-refractivity contribution in [2.75, 3.05) is 17.0 Å². The number of carbonyl (C=O) groups excluding carboxylic acids is 3. The SMILES string of the molecule is CC(=O)C(C(C)=O)N1C(=O)C(C)Nc2cc3c(cc21)OCO3. The second-order valence-corrected chi connectivity index (χ2v) is 5.42. The van der Waals surface area contributed by atoms with Crippen molar-refractivity contribution in [2.24, 2.45) is 0 Å². The molecule has 3 rings (SSSR count). The Labute approximate surface area is 127 Å². The summed E-state index contributed by atoms with van der Waals surface area (Å²) in [5, 5.41) is 3.05. The van der Waals surface area contributed by atoms with Crippen LogP contribution in [0.25, 0.3) is 0 Å². The molecule has 0 bridgehead atoms. The van der Waals surface area contributed by atoms with Gasteiger partial charge in [0.25, 0.3) is 0 Å². The minimum atomic E-state index is -1.13. The van der Waals surface area contributed by atoms with Crippen LogP contribution >= 0.6 is 0 Å². The summed E-state index contributed by atoms with van der Waals surface area (Å²) in [4.78, 5) is 37.6. The molecule has 1 N–H and O–H groups in total. The lowest BCUT2D eigenvalue weighted by molar-refractivity contribution is -0.130. The Morgan fingerprint density at radius 2 is 1.82 bits per heavy atom. The van der Waals surface area contributed by atoms with Crippen LogP contribution < -0.4 is 19.7 Å². The van der Waals surface area contributed by atoms with E-state index in [2.05, 4.69) is 5.32 Å². The van der Waals surface area contributed by atoms with E-state index in [1.54, 1.807) is 19.1 Å². The van der Waals surface area contributed by atoms with E-state index in [4.69, 9.17) is 9.47 Å². The highest BCUT2D eigenvalue weighted by Crippen LogP contribution is 2.44. The van der Waals surface area contributed by atoms with Gasteiger partial charge in [0.05, 0.1) is 11.4 Å². The molecule has 22 heavy (non-hydrogen) atoms. The molecular formula is C15H16N2O5. The van der Waals surface area contributed by atoms with Gasteiger partial charge in [-0.05, 0) is 20.8 Å². The van der Waals surface area contributed by atoms with Crippen LogP contribution in [0, 0.1) is 0 Å². The van der Waals surface area contributed by atoms with Crippen molar-refractivity contribution in [1.29, 1.82) is 0 Å². The molecule has 1 aromatic rings. The third-order valence-corrected chi connectivity index (χ3v) is 3.76. The zero-order chi connectivity index (χ0) is 16.0. The molecule has 0 saturated heterocycles. The fourth-order valence-electron chi connectivity index (χ4n) is 2.78. The van der Waals surface area contributed by atoms with Gasteiger partial charge in [-0.3, -0.25) is 19.3 Å². The van der Waals surface area contributed by atoms with Crippen LogP contribution in [0.2, 0.25) is 0 Å². The maximum atomic E-state index is 12.5. The topological polar surface area (TPSA) is 84.9 Å². The van der Waals surface area contributed by atoms with Gasteiger partial charge in [0.1, 0.15) is 6.04 Å². The highest BCUT2D eigenvalue weighted by atomic mass is 16.7. The van der Waals surface area contributed by atoms with Crippen molar-refractivity contribution in [2.45, 2.75) is 32.9 Å². The number of rotatable bonds is 3. The number of nitrogens with one attached hydrogen (secondary N) is 1. The van der Waals surface area contributed by atoms with Crippen LogP contribution in [0.4, 0.5) is 11.4 Å². The highest BCUT2D eigenvalue weighted by molar-refractivity contribution is 6.17. The van der Waals surface area contributed by atoms with Crippen LogP contribution in [-0.4, -0.2) is 36.4 Å². The number of hydrogen-bond acceptors (Lipinski definition) is 6. The first-order valence-electron chi connectivity index (χ1n) is 6.94. The molecule has 1 atom stereocenters. The minimum absolute atomic E-state index is 0.102. The van der Waals surface area contributed by atoms with E-state index >= 15 is 0 Å². The summed E-state index contributed by atoms with van der Waals surface area (Å²) < 4.78 is 10.6. The molecule has 1 unspecified atom stereocenters. The molecule has 7 nitrogen and oxygen atoms in total. The van der Waals surface area contributed by atoms with Gasteiger partial charge in [-0.1, -0.05) is 0 Å². The second kappa shape index (κ2) is 5.01. The lowest BCUT2D eigenvalue weighted by atomic mass is 10.0. The maximum absolute atomic E-state index is 12.5. The Balaban J connectivity index is 2.16. The number of anilines is 2. The first kappa shape index (κ1) is 14.4. The third kappa shape index (κ3) is 2.09. The zero-order valence-electron chi connectivity index (χ0n) is 12.5. The first-order valence-corrected chi connectivity index (χ1v) is 6.94. The lowest BCUT2D eigenvalue weighted by Gasteiger charge is -2.37. The van der Waals surface area contributed by atoms with Crippen molar-refractivity contribution in [1.82, 2.24) is 0 Å². The van der Waals surface area contributed by atoms with Crippen LogP contribution in [0.15, 0.2) is 12.1 Å². The van der Waals surface area contributed by atoms with Gasteiger partial charge < -0.3 is 14.8 Å². The molecule has 0 saturated carbocycles. The Morgan fingerprint density at radius 3 is 2.41 bits per heavy atom. The Hall–Kier alpha value is -2.57. The van der Waals surface area contributed by atoms with Crippen LogP contribution in [0.5, 0.6) is 11.5 Å². The Morgan fingerprint density at radius 1 is 1.23 bits per heavy atom. The fraction of sp³-hybridized carbons (Fsp3) is 0.400. The second-order valence-electron chi connectivity index (χ2n) is 5.42. The number of benzene rings is 1. The van der Waals surface area contributed by atoms with Gasteiger partial charge in [0, 0.05) is 12.1 Å². The molecule has 0 aromatic heterocycles. The van der Waals surface area contributed by atoms with E-state index < -0.39 is 12.1 Å². The molecule has 2 heterocycles. The average Bonchev–Trinajstić information content (AvgIpc) is 2.88. The minimum Gasteiger partial charge on any atom is -0.454 e. The third-order valence-electron chi connectivity index (χ3n) is 3.76. The summed E-state index contributed by atoms with van der Waals surface area (Å²) in [6.07, 6.45) is 0. The van der Waals surface area contributed by atoms with Crippen molar-refractivity contribution in [3.8, 4) is 11.5 Å². The summed E-state index contributed by atoms with van der Waals surface area (Å²) in [5.74, 6) is -0.0346. The first-order chi connectivity index (χ1) is 10.4. The summed E-state index contributed by atoms with van der Waals surface area (Å²) >= 11 is 0. The molecule has 0 aliphatic carbocycles. The molecule has 2 aliphatic rings. The molecular weight excluding hydrogens is 288 g/mol. The quantitative estimate of drug-likeness (QED) is 0.842. The van der Waals surface area contributed by atoms with Crippen molar-refractivity contribution < 1.29 is 23.9 Å². The van der Waals surface area contributed by atoms with E-state index in [9.17, 15) is 14.4 Å². The van der Waals surface area contributed by atoms with Crippen LogP contribution in [0.1, 0.15) is 20.8 Å². The van der Waals surface area contributed by atoms with Crippen molar-refractivity contribution >= 4 is 28.8 Å². The van der Waals surface area contributed by atoms with Crippen molar-refractivity contribution in [3.05, 3.63) is 12.1 Å². The van der Waals surface area contributed by atoms with E-state index in [-0.39, 0.29) is 24.3 Å². The van der Waals surface area contributed by atoms with E-state index in [1.807, 2.05) is 0 Å². The standard InChI is InChI=1S/C15H16N2O5/c1-7-15(20)17(14(8(2)18)9(3)19)11-5-13-12(21-6-22-13)4-10(11)16-7/h4-5,7,14,16H,6H2,1-3H3. The largest absolute Gasteiger partial charge is 0.454 e. The average molecular weight is 304 g/mol. The number of ketones is 2. The smallest absolute Gasteiger partial charge is 0.250 e. The maximum Gasteiger partial charge on any atom is 0.250 e. The number of fused-ring (bicyclic) bond motifs is 2. The number of nitrogens with zero attached hydrogens (tertiary/aromatic N) is 1. The number of Topliss-reactive ketones (excluding diaryl/α,β-unsaturated/α-hetero) is 2. The molecule has 0 spiro atoms. The molecule has 1 aromatic carbocycles. The van der Waals surface area contributed by atoms with Gasteiger partial charge in [-0.2, -0.15) is 0 Å². The number of hydrogen-bond donors (Lipinski definition) is 1. The lowest BCUT2D eigenvalue weighted by Crippen LogP contribution is -2.55. The van der Waals surface area contributed by atoms with E-state index in [1.165, 1.54) is 18.7 Å². The summed E-state index contributed by atoms with van der Waals surface area (Å²) in [5.41, 5.74) is 1.08. The van der Waals surface area contributed by atoms with Gasteiger partial charge >= 0.3 is 0 Å². The monoisotopic (exact) mass is 304 g/mol. The normalized spacial score (nSPS) is 19.0. The van der Waals surface area contributed by atoms with Gasteiger partial charge in [-0.15, -0.1) is 0 Å². The summed E-state index contributed by atoms with van der Waals surface area (Å²) in [6.45, 7) is 4.39. The Kier molecular flexibility index (Phi) is 3.27. The van der Waals surface area contributed by atoms with Gasteiger partial charge in [0.2, 0.25) is 12.7 Å². The highest BCUT2D eigenvalue weighted by Gasteiger charge is 2.40. The molecule has 0 fully saturated rings. The van der Waals surface area contributed by atoms with Crippen molar-refractivity contribution in [3.63, 3.8) is 0 Å².